The summed E-state index contributed by atoms with van der Waals surface area (Å²) in [5.41, 5.74) is 11.3. The first-order valence-electron chi connectivity index (χ1n) is 12.4. The van der Waals surface area contributed by atoms with Crippen LogP contribution < -0.4 is 11.5 Å². The molecule has 3 aromatic rings. The number of carboxylic acid groups (broad SMARTS) is 2. The Morgan fingerprint density at radius 1 is 1.20 bits per heavy atom. The van der Waals surface area contributed by atoms with E-state index in [1.54, 1.807) is 0 Å². The van der Waals surface area contributed by atoms with Crippen LogP contribution in [0, 0.1) is 10.1 Å². The van der Waals surface area contributed by atoms with Gasteiger partial charge in [0.15, 0.2) is 17.7 Å². The number of imidazole rings is 1. The second-order valence-electron chi connectivity index (χ2n) is 9.40. The number of nitrogens with zero attached hydrogens (tertiary/aromatic N) is 6. The first kappa shape index (κ1) is 36.4. The molecule has 2 aromatic heterocycles. The number of alkyl halides is 3. The fourth-order valence-corrected chi connectivity index (χ4v) is 5.90. The molecule has 0 amide bonds. The molecule has 0 aliphatic carbocycles. The van der Waals surface area contributed by atoms with E-state index < -0.39 is 87.3 Å². The molecule has 1 aromatic carbocycles. The Bertz CT molecular complexity index is 1730. The first-order valence-corrected chi connectivity index (χ1v) is 14.7. The number of nitro benzene ring substituents is 1. The summed E-state index contributed by atoms with van der Waals surface area (Å²) in [6, 6.07) is 1.73. The van der Waals surface area contributed by atoms with E-state index in [1.807, 2.05) is 0 Å². The zero-order valence-corrected chi connectivity index (χ0v) is 25.2. The van der Waals surface area contributed by atoms with Gasteiger partial charge in [0, 0.05) is 19.2 Å². The van der Waals surface area contributed by atoms with E-state index in [4.69, 9.17) is 31.2 Å². The minimum absolute atomic E-state index is 0.0448. The number of aliphatic hydroxyl groups excluding tert-OH is 2. The van der Waals surface area contributed by atoms with Crippen molar-refractivity contribution in [1.82, 2.24) is 23.8 Å². The molecule has 1 aliphatic rings. The number of carbonyl (C=O) groups is 2. The molecule has 24 heteroatoms. The van der Waals surface area contributed by atoms with Crippen molar-refractivity contribution < 1.29 is 61.3 Å². The number of nitrogens with two attached hydrogens (primary N) is 2. The van der Waals surface area contributed by atoms with Gasteiger partial charge in [-0.25, -0.2) is 28.2 Å². The molecule has 0 spiro atoms. The van der Waals surface area contributed by atoms with Crippen LogP contribution in [-0.4, -0.2) is 113 Å². The van der Waals surface area contributed by atoms with Gasteiger partial charge in [0.05, 0.1) is 20.6 Å². The molecule has 0 unspecified atom stereocenters. The maximum atomic E-state index is 13.6. The average Bonchev–Trinajstić information content (AvgIpc) is 3.51. The number of aliphatic hydroxyl groups is 2. The van der Waals surface area contributed by atoms with Gasteiger partial charge in [-0.05, 0) is 34.5 Å². The number of aromatic nitrogens is 4. The van der Waals surface area contributed by atoms with Crippen molar-refractivity contribution in [3.8, 4) is 0 Å². The fraction of sp³-hybridized carbons (Fsp3) is 0.409. The normalized spacial score (nSPS) is 20.7. The van der Waals surface area contributed by atoms with E-state index in [2.05, 4.69) is 30.9 Å². The number of sulfonamides is 1. The van der Waals surface area contributed by atoms with E-state index in [0.29, 0.717) is 0 Å². The van der Waals surface area contributed by atoms with Crippen LogP contribution in [0.15, 0.2) is 40.2 Å². The molecule has 19 nitrogen and oxygen atoms in total. The lowest BCUT2D eigenvalue weighted by molar-refractivity contribution is -0.385. The summed E-state index contributed by atoms with van der Waals surface area (Å²) in [5, 5.41) is 49.1. The zero-order chi connectivity index (χ0) is 34.7. The molecule has 0 bridgehead atoms. The fourth-order valence-electron chi connectivity index (χ4n) is 4.02. The maximum absolute atomic E-state index is 13.6. The molecule has 4 rings (SSSR count). The van der Waals surface area contributed by atoms with Gasteiger partial charge in [0.2, 0.25) is 10.0 Å². The largest absolute Gasteiger partial charge is 0.490 e. The Morgan fingerprint density at radius 2 is 1.83 bits per heavy atom. The number of anilines is 1. The molecule has 8 N–H and O–H groups in total. The maximum Gasteiger partial charge on any atom is 0.490 e. The van der Waals surface area contributed by atoms with E-state index in [0.717, 1.165) is 16.4 Å². The Morgan fingerprint density at radius 3 is 2.39 bits per heavy atom. The molecule has 1 aliphatic heterocycles. The lowest BCUT2D eigenvalue weighted by Gasteiger charge is -2.27. The van der Waals surface area contributed by atoms with Gasteiger partial charge in [0.1, 0.15) is 36.2 Å². The first-order chi connectivity index (χ1) is 21.3. The average molecular weight is 745 g/mol. The SMILES string of the molecule is Nc1ncnc2c1ncn2[C@@H]1O[C@H](CN(CC[C@H](N)C(=O)O)S(=O)(=O)c2ccc(Br)c([N+](=O)[O-])c2)[C@@H](O)[C@H]1O.O=C(O)C(F)(F)F. The number of aliphatic carboxylic acids is 2. The Labute approximate surface area is 263 Å². The summed E-state index contributed by atoms with van der Waals surface area (Å²) >= 11 is 3.00. The van der Waals surface area contributed by atoms with Gasteiger partial charge in [0.25, 0.3) is 5.69 Å². The van der Waals surface area contributed by atoms with Crippen LogP contribution in [0.1, 0.15) is 12.6 Å². The monoisotopic (exact) mass is 744 g/mol. The van der Waals surface area contributed by atoms with Crippen LogP contribution in [0.5, 0.6) is 0 Å². The summed E-state index contributed by atoms with van der Waals surface area (Å²) in [7, 11) is -4.50. The number of carboxylic acids is 2. The van der Waals surface area contributed by atoms with E-state index >= 15 is 0 Å². The molecular weight excluding hydrogens is 721 g/mol. The van der Waals surface area contributed by atoms with Gasteiger partial charge in [-0.2, -0.15) is 17.5 Å². The van der Waals surface area contributed by atoms with E-state index in [9.17, 15) is 46.7 Å². The quantitative estimate of drug-likeness (QED) is 0.116. The predicted octanol–water partition coefficient (Wildman–Crippen LogP) is -0.175. The number of hydrogen-bond acceptors (Lipinski definition) is 14. The second kappa shape index (κ2) is 14.1. The summed E-state index contributed by atoms with van der Waals surface area (Å²) in [6.45, 7) is -0.998. The number of halogens is 4. The van der Waals surface area contributed by atoms with Crippen LogP contribution >= 0.6 is 15.9 Å². The summed E-state index contributed by atoms with van der Waals surface area (Å²) in [4.78, 5) is 42.2. The molecule has 0 saturated carbocycles. The Balaban J connectivity index is 0.000000738. The molecule has 46 heavy (non-hydrogen) atoms. The molecule has 3 heterocycles. The molecule has 252 valence electrons. The highest BCUT2D eigenvalue weighted by Crippen LogP contribution is 2.34. The number of nitro groups is 1. The summed E-state index contributed by atoms with van der Waals surface area (Å²) in [6.07, 6.45) is -8.70. The van der Waals surface area contributed by atoms with E-state index in [-0.39, 0.29) is 27.9 Å². The number of nitrogen functional groups attached to an aromatic ring is 1. The van der Waals surface area contributed by atoms with Gasteiger partial charge in [-0.1, -0.05) is 0 Å². The van der Waals surface area contributed by atoms with Crippen molar-refractivity contribution in [2.45, 2.75) is 48.1 Å². The highest BCUT2D eigenvalue weighted by Gasteiger charge is 2.46. The predicted molar refractivity (Wildman–Crippen MR) is 149 cm³/mol. The van der Waals surface area contributed by atoms with Crippen molar-refractivity contribution in [2.24, 2.45) is 5.73 Å². The molecule has 1 saturated heterocycles. The topological polar surface area (TPSA) is 300 Å². The third-order valence-electron chi connectivity index (χ3n) is 6.38. The highest BCUT2D eigenvalue weighted by molar-refractivity contribution is 9.10. The van der Waals surface area contributed by atoms with Crippen LogP contribution in [0.2, 0.25) is 0 Å². The van der Waals surface area contributed by atoms with Gasteiger partial charge in [-0.3, -0.25) is 19.5 Å². The van der Waals surface area contributed by atoms with Crippen LogP contribution in [0.25, 0.3) is 11.2 Å². The number of rotatable bonds is 10. The summed E-state index contributed by atoms with van der Waals surface area (Å²) < 4.78 is 66.8. The van der Waals surface area contributed by atoms with Gasteiger partial charge in [-0.15, -0.1) is 0 Å². The molecule has 1 fully saturated rings. The van der Waals surface area contributed by atoms with E-state index in [1.165, 1.54) is 23.3 Å². The smallest absolute Gasteiger partial charge is 0.480 e. The zero-order valence-electron chi connectivity index (χ0n) is 22.8. The van der Waals surface area contributed by atoms with Gasteiger partial charge < -0.3 is 36.6 Å². The minimum Gasteiger partial charge on any atom is -0.480 e. The summed E-state index contributed by atoms with van der Waals surface area (Å²) in [5.74, 6) is -4.06. The van der Waals surface area contributed by atoms with Crippen molar-refractivity contribution >= 4 is 60.6 Å². The van der Waals surface area contributed by atoms with Crippen molar-refractivity contribution in [3.63, 3.8) is 0 Å². The highest BCUT2D eigenvalue weighted by atomic mass is 79.9. The third kappa shape index (κ3) is 8.01. The molecule has 0 radical (unpaired) electrons. The van der Waals surface area contributed by atoms with Crippen molar-refractivity contribution in [3.05, 3.63) is 45.4 Å². The second-order valence-corrected chi connectivity index (χ2v) is 12.2. The third-order valence-corrected chi connectivity index (χ3v) is 8.91. The number of fused-ring (bicyclic) bond motifs is 1. The number of ether oxygens (including phenoxy) is 1. The van der Waals surface area contributed by atoms with Gasteiger partial charge >= 0.3 is 18.1 Å². The lowest BCUT2D eigenvalue weighted by atomic mass is 10.1. The van der Waals surface area contributed by atoms with Crippen LogP contribution in [0.3, 0.4) is 0 Å². The van der Waals surface area contributed by atoms with Crippen molar-refractivity contribution in [2.75, 3.05) is 18.8 Å². The minimum atomic E-state index is -5.08. The Hall–Kier alpha value is -4.07. The standard InChI is InChI=1S/C20H23BrN8O9S.C2HF3O2/c21-10-2-1-9(5-12(10)29(34)35)39(36,37)27(4-3-11(22)20(32)33)6-13-15(30)16(31)19(38-13)28-8-26-14-17(23)24-7-25-18(14)28;3-2(4,5)1(6)7/h1-2,5,7-8,11,13,15-16,19,30-31H,3-4,6,22H2,(H,32,33)(H2,23,24,25);(H,6,7)/t11-,13+,15+,16+,19+;/m0./s1. The number of hydrogen-bond donors (Lipinski definition) is 6. The Kier molecular flexibility index (Phi) is 11.2. The lowest BCUT2D eigenvalue weighted by Crippen LogP contribution is -2.45. The van der Waals surface area contributed by atoms with Crippen LogP contribution in [0.4, 0.5) is 24.7 Å². The van der Waals surface area contributed by atoms with Crippen LogP contribution in [-0.2, 0) is 24.3 Å². The molecular formula is C22H24BrF3N8O11S. The molecule has 5 atom stereocenters. The number of benzene rings is 1. The van der Waals surface area contributed by atoms with Crippen molar-refractivity contribution in [1.29, 1.82) is 0 Å².